The quantitative estimate of drug-likeness (QED) is 0.0211. The molecule has 0 rings (SSSR count). The number of rotatable bonds is 87. The molecule has 0 heterocycles. The lowest BCUT2D eigenvalue weighted by molar-refractivity contribution is -0.870. The summed E-state index contributed by atoms with van der Waals surface area (Å²) in [6.45, 7) is 4.84. The van der Waals surface area contributed by atoms with Crippen molar-refractivity contribution >= 4 is 17.9 Å². The number of hydrogen-bond acceptors (Lipinski definition) is 7. The highest BCUT2D eigenvalue weighted by atomic mass is 16.7. The van der Waals surface area contributed by atoms with Crippen LogP contribution in [0.15, 0.2) is 72.9 Å². The number of likely N-dealkylation sites (N-methyl/N-ethyl adjacent to an activating group) is 1. The van der Waals surface area contributed by atoms with Crippen molar-refractivity contribution in [2.24, 2.45) is 0 Å². The topological polar surface area (TPSA) is 108 Å². The van der Waals surface area contributed by atoms with Crippen molar-refractivity contribution in [2.75, 3.05) is 47.5 Å². The Balaban J connectivity index is 3.89. The van der Waals surface area contributed by atoms with Gasteiger partial charge < -0.3 is 28.5 Å². The highest BCUT2D eigenvalue weighted by Crippen LogP contribution is 2.21. The zero-order valence-corrected chi connectivity index (χ0v) is 70.7. The molecule has 0 aromatic heterocycles. The van der Waals surface area contributed by atoms with Gasteiger partial charge in [0.25, 0.3) is 6.29 Å². The Bertz CT molecular complexity index is 1970. The summed E-state index contributed by atoms with van der Waals surface area (Å²) < 4.78 is 23.1. The third-order valence-electron chi connectivity index (χ3n) is 21.0. The largest absolute Gasteiger partial charge is 0.477 e. The molecule has 2 atom stereocenters. The molecule has 0 aromatic rings. The van der Waals surface area contributed by atoms with Crippen LogP contribution in [-0.2, 0) is 33.3 Å². The molecule has 2 unspecified atom stereocenters. The van der Waals surface area contributed by atoms with Crippen LogP contribution >= 0.6 is 0 Å². The van der Waals surface area contributed by atoms with Crippen molar-refractivity contribution < 1.29 is 42.9 Å². The first-order valence-electron chi connectivity index (χ1n) is 46.1. The Morgan fingerprint density at radius 3 is 0.810 bits per heavy atom. The smallest absolute Gasteiger partial charge is 0.361 e. The van der Waals surface area contributed by atoms with E-state index in [2.05, 4.69) is 86.8 Å². The molecule has 105 heavy (non-hydrogen) atoms. The van der Waals surface area contributed by atoms with Gasteiger partial charge >= 0.3 is 17.9 Å². The number of aliphatic carboxylic acids is 1. The van der Waals surface area contributed by atoms with Crippen molar-refractivity contribution in [3.63, 3.8) is 0 Å². The maximum absolute atomic E-state index is 13.0. The van der Waals surface area contributed by atoms with Crippen LogP contribution in [0.5, 0.6) is 0 Å². The molecule has 0 saturated carbocycles. The summed E-state index contributed by atoms with van der Waals surface area (Å²) in [5.74, 6) is -1.97. The van der Waals surface area contributed by atoms with Gasteiger partial charge in [0.05, 0.1) is 34.4 Å². The molecule has 9 nitrogen and oxygen atoms in total. The number of hydrogen-bond donors (Lipinski definition) is 1. The fourth-order valence-corrected chi connectivity index (χ4v) is 14.0. The number of carboxylic acids is 1. The van der Waals surface area contributed by atoms with Crippen molar-refractivity contribution in [1.29, 1.82) is 0 Å². The van der Waals surface area contributed by atoms with Gasteiger partial charge in [0.1, 0.15) is 13.2 Å². The summed E-state index contributed by atoms with van der Waals surface area (Å²) in [6.07, 6.45) is 116. The minimum atomic E-state index is -1.51. The monoisotopic (exact) mass is 1470 g/mol. The summed E-state index contributed by atoms with van der Waals surface area (Å²) in [5.41, 5.74) is 0. The molecule has 0 aliphatic rings. The van der Waals surface area contributed by atoms with E-state index in [0.717, 1.165) is 77.0 Å². The molecule has 0 radical (unpaired) electrons. The van der Waals surface area contributed by atoms with E-state index in [1.807, 2.05) is 21.1 Å². The number of carbonyl (C=O) groups excluding carboxylic acids is 2. The van der Waals surface area contributed by atoms with E-state index >= 15 is 0 Å². The van der Waals surface area contributed by atoms with Gasteiger partial charge in [-0.2, -0.15) is 0 Å². The lowest BCUT2D eigenvalue weighted by atomic mass is 10.0. The molecule has 0 saturated heterocycles. The van der Waals surface area contributed by atoms with Crippen LogP contribution in [-0.4, -0.2) is 87.4 Å². The second kappa shape index (κ2) is 86.3. The summed E-state index contributed by atoms with van der Waals surface area (Å²) in [4.78, 5) is 37.8. The normalized spacial score (nSPS) is 12.9. The average Bonchev–Trinajstić information content (AvgIpc) is 1.97. The summed E-state index contributed by atoms with van der Waals surface area (Å²) in [6, 6.07) is 0. The average molecular weight is 1470 g/mol. The SMILES string of the molecule is CC/C=C\C/C=C\C/C=C\C/C=C\C/C=C\C/C=C\CCCCCCCCCCCCCCCCCCCCCCC(=O)OC(COC(=O)CCCCCCCCCCCCCCCCCCCCCCCCCCCCCCCCCCCCCCCCCCC)COC(OCC[N+](C)(C)C)C(=O)O. The van der Waals surface area contributed by atoms with Crippen LogP contribution < -0.4 is 0 Å². The highest BCUT2D eigenvalue weighted by molar-refractivity contribution is 5.71. The van der Waals surface area contributed by atoms with Crippen LogP contribution in [0.1, 0.15) is 463 Å². The first-order chi connectivity index (χ1) is 51.6. The zero-order valence-electron chi connectivity index (χ0n) is 70.7. The minimum absolute atomic E-state index is 0.177. The lowest BCUT2D eigenvalue weighted by Crippen LogP contribution is -2.40. The van der Waals surface area contributed by atoms with Crippen LogP contribution in [0.4, 0.5) is 0 Å². The van der Waals surface area contributed by atoms with Crippen LogP contribution in [0, 0.1) is 0 Å². The second-order valence-corrected chi connectivity index (χ2v) is 32.6. The van der Waals surface area contributed by atoms with E-state index in [1.54, 1.807) is 0 Å². The Morgan fingerprint density at radius 2 is 0.543 bits per heavy atom. The number of nitrogens with zero attached hydrogens (tertiary/aromatic N) is 1. The highest BCUT2D eigenvalue weighted by Gasteiger charge is 2.25. The van der Waals surface area contributed by atoms with Crippen molar-refractivity contribution in [2.45, 2.75) is 476 Å². The predicted molar refractivity (Wildman–Crippen MR) is 456 cm³/mol. The lowest BCUT2D eigenvalue weighted by Gasteiger charge is -2.25. The number of allylic oxidation sites excluding steroid dienone is 12. The van der Waals surface area contributed by atoms with Crippen molar-refractivity contribution in [3.8, 4) is 0 Å². The summed E-state index contributed by atoms with van der Waals surface area (Å²) in [5, 5.41) is 9.80. The van der Waals surface area contributed by atoms with Gasteiger partial charge in [-0.15, -0.1) is 0 Å². The molecule has 0 spiro atoms. The fourth-order valence-electron chi connectivity index (χ4n) is 14.0. The van der Waals surface area contributed by atoms with E-state index in [4.69, 9.17) is 18.9 Å². The zero-order chi connectivity index (χ0) is 76.0. The maximum Gasteiger partial charge on any atom is 0.361 e. The van der Waals surface area contributed by atoms with E-state index in [0.29, 0.717) is 17.4 Å². The first kappa shape index (κ1) is 102. The molecule has 0 amide bonds. The van der Waals surface area contributed by atoms with Gasteiger partial charge in [0, 0.05) is 12.8 Å². The Kier molecular flexibility index (Phi) is 83.6. The molecule has 614 valence electrons. The molecule has 1 N–H and O–H groups in total. The number of esters is 2. The van der Waals surface area contributed by atoms with E-state index in [9.17, 15) is 19.5 Å². The standard InChI is InChI=1S/C96H177NO8/c1-6-8-10-12-14-16-18-20-22-24-26-28-30-32-34-36-38-40-42-44-46-47-49-50-52-54-56-58-60-62-64-66-68-70-72-74-76-78-80-82-84-86-93(98)103-90-92(91-104-96(95(100)101)102-89-88-97(3,4)5)105-94(99)87-85-83-81-79-77-75-73-71-69-67-65-63-61-59-57-55-53-51-48-45-43-41-39-37-35-33-31-29-27-25-23-21-19-17-15-13-11-9-7-2/h9,11,15,17,21,23,27,29,33,35,39,41,92,96H,6-8,10,12-14,16,18-20,22,24-26,28,30-32,34,36-38,40,42-91H2,1-5H3/p+1/b11-9-,17-15-,23-21-,29-27-,35-33-,41-39-. The van der Waals surface area contributed by atoms with Gasteiger partial charge in [-0.05, 0) is 64.2 Å². The Labute approximate surface area is 653 Å². The fraction of sp³-hybridized carbons (Fsp3) is 0.844. The van der Waals surface area contributed by atoms with E-state index in [1.165, 1.54) is 360 Å². The van der Waals surface area contributed by atoms with Crippen LogP contribution in [0.3, 0.4) is 0 Å². The van der Waals surface area contributed by atoms with Crippen molar-refractivity contribution in [3.05, 3.63) is 72.9 Å². The maximum atomic E-state index is 13.0. The van der Waals surface area contributed by atoms with Gasteiger partial charge in [-0.25, -0.2) is 4.79 Å². The second-order valence-electron chi connectivity index (χ2n) is 32.6. The Morgan fingerprint density at radius 1 is 0.295 bits per heavy atom. The van der Waals surface area contributed by atoms with Gasteiger partial charge in [-0.3, -0.25) is 9.59 Å². The predicted octanol–water partition coefficient (Wildman–Crippen LogP) is 30.3. The molecule has 0 aromatic carbocycles. The van der Waals surface area contributed by atoms with Crippen LogP contribution in [0.25, 0.3) is 0 Å². The van der Waals surface area contributed by atoms with E-state index < -0.39 is 18.4 Å². The molecule has 0 fully saturated rings. The molecular weight excluding hydrogens is 1300 g/mol. The molecular formula is C96H178NO8+. The van der Waals surface area contributed by atoms with Gasteiger partial charge in [0.2, 0.25) is 0 Å². The van der Waals surface area contributed by atoms with Crippen LogP contribution in [0.2, 0.25) is 0 Å². The molecule has 0 aliphatic heterocycles. The molecule has 0 aliphatic carbocycles. The number of carboxylic acid groups (broad SMARTS) is 1. The Hall–Kier alpha value is -3.27. The molecule has 9 heteroatoms. The van der Waals surface area contributed by atoms with Gasteiger partial charge in [0.15, 0.2) is 6.10 Å². The first-order valence-corrected chi connectivity index (χ1v) is 46.1. The number of carbonyl (C=O) groups is 3. The van der Waals surface area contributed by atoms with Gasteiger partial charge in [-0.1, -0.05) is 459 Å². The number of ether oxygens (including phenoxy) is 4. The summed E-state index contributed by atoms with van der Waals surface area (Å²) in [7, 11) is 6.00. The van der Waals surface area contributed by atoms with Crippen molar-refractivity contribution in [1.82, 2.24) is 0 Å². The third kappa shape index (κ3) is 87.8. The van der Waals surface area contributed by atoms with E-state index in [-0.39, 0.29) is 38.2 Å². The molecule has 0 bridgehead atoms. The third-order valence-corrected chi connectivity index (χ3v) is 21.0. The number of quaternary nitrogens is 1. The number of unbranched alkanes of at least 4 members (excludes halogenated alkanes) is 60. The minimum Gasteiger partial charge on any atom is -0.477 e. The summed E-state index contributed by atoms with van der Waals surface area (Å²) >= 11 is 0.